The molecule has 0 aliphatic heterocycles. The van der Waals surface area contributed by atoms with Crippen LogP contribution in [0.15, 0.2) is 24.3 Å². The molecule has 1 atom stereocenters. The molecule has 3 N–H and O–H groups in total. The van der Waals surface area contributed by atoms with Crippen LogP contribution in [0.3, 0.4) is 0 Å². The lowest BCUT2D eigenvalue weighted by molar-refractivity contribution is 0.281. The van der Waals surface area contributed by atoms with Crippen LogP contribution in [-0.2, 0) is 0 Å². The Labute approximate surface area is 141 Å². The van der Waals surface area contributed by atoms with Gasteiger partial charge in [0.25, 0.3) is 0 Å². The predicted octanol–water partition coefficient (Wildman–Crippen LogP) is 3.85. The Kier molecular flexibility index (Phi) is 4.68. The molecule has 5 nitrogen and oxygen atoms in total. The van der Waals surface area contributed by atoms with E-state index >= 15 is 0 Å². The summed E-state index contributed by atoms with van der Waals surface area (Å²) in [4.78, 5) is 9.04. The van der Waals surface area contributed by atoms with E-state index in [9.17, 15) is 5.11 Å². The van der Waals surface area contributed by atoms with Gasteiger partial charge in [0, 0.05) is 18.0 Å². The van der Waals surface area contributed by atoms with Crippen molar-refractivity contribution < 1.29 is 5.11 Å². The zero-order valence-electron chi connectivity index (χ0n) is 13.3. The topological polar surface area (TPSA) is 70.1 Å². The number of halogens is 1. The molecule has 0 bridgehead atoms. The Morgan fingerprint density at radius 3 is 2.74 bits per heavy atom. The molecule has 0 saturated heterocycles. The minimum Gasteiger partial charge on any atom is -0.394 e. The van der Waals surface area contributed by atoms with Gasteiger partial charge in [-0.25, -0.2) is 4.98 Å². The molecule has 2 aromatic rings. The first-order valence-electron chi connectivity index (χ1n) is 7.84. The van der Waals surface area contributed by atoms with Gasteiger partial charge < -0.3 is 15.7 Å². The van der Waals surface area contributed by atoms with Gasteiger partial charge in [0.05, 0.1) is 23.0 Å². The molecule has 1 fully saturated rings. The van der Waals surface area contributed by atoms with Crippen LogP contribution in [0.5, 0.6) is 0 Å². The normalized spacial score (nSPS) is 15.3. The highest BCUT2D eigenvalue weighted by Crippen LogP contribution is 2.40. The number of aliphatic hydroxyl groups excluding tert-OH is 1. The van der Waals surface area contributed by atoms with Crippen LogP contribution >= 0.6 is 11.6 Å². The van der Waals surface area contributed by atoms with Crippen LogP contribution in [0.4, 0.5) is 17.5 Å². The summed E-state index contributed by atoms with van der Waals surface area (Å²) in [6, 6.07) is 7.74. The Bertz CT molecular complexity index is 703. The van der Waals surface area contributed by atoms with Crippen LogP contribution in [0.2, 0.25) is 5.02 Å². The van der Waals surface area contributed by atoms with Gasteiger partial charge in [0.15, 0.2) is 0 Å². The summed E-state index contributed by atoms with van der Waals surface area (Å²) in [5.74, 6) is 1.75. The molecule has 23 heavy (non-hydrogen) atoms. The van der Waals surface area contributed by atoms with E-state index in [4.69, 9.17) is 11.6 Å². The lowest BCUT2D eigenvalue weighted by atomic mass is 10.2. The average Bonchev–Trinajstić information content (AvgIpc) is 3.34. The average molecular weight is 333 g/mol. The maximum atomic E-state index is 9.20. The van der Waals surface area contributed by atoms with E-state index in [1.807, 2.05) is 38.1 Å². The monoisotopic (exact) mass is 332 g/mol. The zero-order chi connectivity index (χ0) is 16.4. The molecule has 1 aromatic carbocycles. The molecule has 0 amide bonds. The van der Waals surface area contributed by atoms with Crippen molar-refractivity contribution in [3.63, 3.8) is 0 Å². The summed E-state index contributed by atoms with van der Waals surface area (Å²) >= 11 is 6.29. The van der Waals surface area contributed by atoms with Gasteiger partial charge in [-0.05, 0) is 44.4 Å². The third-order valence-electron chi connectivity index (χ3n) is 3.78. The predicted molar refractivity (Wildman–Crippen MR) is 93.6 cm³/mol. The minimum absolute atomic E-state index is 0.0313. The van der Waals surface area contributed by atoms with Gasteiger partial charge in [-0.2, -0.15) is 4.98 Å². The Balaban J connectivity index is 1.87. The van der Waals surface area contributed by atoms with Crippen molar-refractivity contribution in [2.45, 2.75) is 38.6 Å². The standard InChI is InChI=1S/C17H21ClN4O/c1-10-3-6-14(13(18)7-10)20-16-8-15(12-4-5-12)21-17(22-16)19-11(2)9-23/h3,6-8,11-12,23H,4-5,9H2,1-2H3,(H2,19,20,21,22)/t11-/m1/s1. The van der Waals surface area contributed by atoms with Gasteiger partial charge in [-0.3, -0.25) is 0 Å². The Morgan fingerprint density at radius 2 is 2.09 bits per heavy atom. The molecule has 0 spiro atoms. The molecule has 3 rings (SSSR count). The number of aliphatic hydroxyl groups is 1. The Morgan fingerprint density at radius 1 is 1.30 bits per heavy atom. The number of rotatable bonds is 6. The number of aromatic nitrogens is 2. The van der Waals surface area contributed by atoms with Crippen molar-refractivity contribution in [1.29, 1.82) is 0 Å². The van der Waals surface area contributed by atoms with E-state index in [-0.39, 0.29) is 12.6 Å². The van der Waals surface area contributed by atoms with E-state index in [0.29, 0.717) is 22.7 Å². The number of benzene rings is 1. The minimum atomic E-state index is -0.0970. The summed E-state index contributed by atoms with van der Waals surface area (Å²) < 4.78 is 0. The van der Waals surface area contributed by atoms with Crippen molar-refractivity contribution in [3.8, 4) is 0 Å². The second-order valence-corrected chi connectivity index (χ2v) is 6.52. The number of aryl methyl sites for hydroxylation is 1. The SMILES string of the molecule is Cc1ccc(Nc2cc(C3CC3)nc(N[C@H](C)CO)n2)c(Cl)c1. The van der Waals surface area contributed by atoms with Crippen molar-refractivity contribution in [2.75, 3.05) is 17.2 Å². The van der Waals surface area contributed by atoms with Gasteiger partial charge >= 0.3 is 0 Å². The van der Waals surface area contributed by atoms with Crippen LogP contribution < -0.4 is 10.6 Å². The molecule has 0 unspecified atom stereocenters. The highest BCUT2D eigenvalue weighted by molar-refractivity contribution is 6.33. The van der Waals surface area contributed by atoms with Crippen molar-refractivity contribution in [1.82, 2.24) is 9.97 Å². The van der Waals surface area contributed by atoms with Crippen molar-refractivity contribution >= 4 is 29.1 Å². The summed E-state index contributed by atoms with van der Waals surface area (Å²) in [5, 5.41) is 16.3. The molecule has 1 heterocycles. The first kappa shape index (κ1) is 16.0. The van der Waals surface area contributed by atoms with Gasteiger partial charge in [-0.15, -0.1) is 0 Å². The molecule has 1 aliphatic carbocycles. The fraction of sp³-hybridized carbons (Fsp3) is 0.412. The van der Waals surface area contributed by atoms with E-state index in [2.05, 4.69) is 20.6 Å². The number of nitrogens with one attached hydrogen (secondary N) is 2. The molecule has 1 aromatic heterocycles. The summed E-state index contributed by atoms with van der Waals surface area (Å²) in [6.45, 7) is 3.92. The fourth-order valence-electron chi connectivity index (χ4n) is 2.31. The third kappa shape index (κ3) is 4.12. The van der Waals surface area contributed by atoms with Crippen LogP contribution in [0.1, 0.15) is 36.9 Å². The number of nitrogens with zero attached hydrogens (tertiary/aromatic N) is 2. The maximum absolute atomic E-state index is 9.20. The number of anilines is 3. The van der Waals surface area contributed by atoms with Crippen LogP contribution in [0, 0.1) is 6.92 Å². The molecule has 1 aliphatic rings. The second-order valence-electron chi connectivity index (χ2n) is 6.11. The summed E-state index contributed by atoms with van der Waals surface area (Å²) in [5.41, 5.74) is 2.96. The molecule has 0 radical (unpaired) electrons. The lowest BCUT2D eigenvalue weighted by Gasteiger charge is -2.14. The van der Waals surface area contributed by atoms with Gasteiger partial charge in [0.2, 0.25) is 5.95 Å². The first-order chi connectivity index (χ1) is 11.0. The number of hydrogen-bond donors (Lipinski definition) is 3. The molecule has 122 valence electrons. The van der Waals surface area contributed by atoms with E-state index in [1.54, 1.807) is 0 Å². The smallest absolute Gasteiger partial charge is 0.225 e. The molecule has 1 saturated carbocycles. The molecular formula is C17H21ClN4O. The number of hydrogen-bond acceptors (Lipinski definition) is 5. The van der Waals surface area contributed by atoms with Crippen molar-refractivity contribution in [3.05, 3.63) is 40.5 Å². The first-order valence-corrected chi connectivity index (χ1v) is 8.22. The van der Waals surface area contributed by atoms with E-state index < -0.39 is 0 Å². The van der Waals surface area contributed by atoms with Gasteiger partial charge in [-0.1, -0.05) is 17.7 Å². The quantitative estimate of drug-likeness (QED) is 0.749. The fourth-order valence-corrected chi connectivity index (χ4v) is 2.59. The highest BCUT2D eigenvalue weighted by atomic mass is 35.5. The van der Waals surface area contributed by atoms with Crippen molar-refractivity contribution in [2.24, 2.45) is 0 Å². The molecule has 6 heteroatoms. The largest absolute Gasteiger partial charge is 0.394 e. The maximum Gasteiger partial charge on any atom is 0.225 e. The third-order valence-corrected chi connectivity index (χ3v) is 4.09. The Hall–Kier alpha value is -1.85. The van der Waals surface area contributed by atoms with Crippen LogP contribution in [-0.4, -0.2) is 27.7 Å². The van der Waals surface area contributed by atoms with Crippen LogP contribution in [0.25, 0.3) is 0 Å². The lowest BCUT2D eigenvalue weighted by Crippen LogP contribution is -2.21. The molecular weight excluding hydrogens is 312 g/mol. The van der Waals surface area contributed by atoms with Gasteiger partial charge in [0.1, 0.15) is 5.82 Å². The summed E-state index contributed by atoms with van der Waals surface area (Å²) in [7, 11) is 0. The van der Waals surface area contributed by atoms with E-state index in [1.165, 1.54) is 0 Å². The summed E-state index contributed by atoms with van der Waals surface area (Å²) in [6.07, 6.45) is 2.33. The van der Waals surface area contributed by atoms with E-state index in [0.717, 1.165) is 29.8 Å². The zero-order valence-corrected chi connectivity index (χ0v) is 14.1. The highest BCUT2D eigenvalue weighted by Gasteiger charge is 2.26. The second kappa shape index (κ2) is 6.72.